The van der Waals surface area contributed by atoms with Gasteiger partial charge < -0.3 is 14.0 Å². The Hall–Kier alpha value is -3.94. The molecule has 1 aliphatic rings. The van der Waals surface area contributed by atoms with Gasteiger partial charge >= 0.3 is 0 Å². The van der Waals surface area contributed by atoms with Crippen LogP contribution in [0.2, 0.25) is 0 Å². The number of ether oxygens (including phenoxy) is 2. The number of rotatable bonds is 6. The molecule has 1 aliphatic heterocycles. The zero-order chi connectivity index (χ0) is 22.1. The fourth-order valence-corrected chi connectivity index (χ4v) is 3.80. The molecule has 1 aromatic heterocycles. The van der Waals surface area contributed by atoms with Crippen molar-refractivity contribution in [2.24, 2.45) is 12.1 Å². The van der Waals surface area contributed by atoms with E-state index in [0.29, 0.717) is 35.4 Å². The van der Waals surface area contributed by atoms with Crippen LogP contribution in [0.4, 0.5) is 0 Å². The second-order valence-corrected chi connectivity index (χ2v) is 7.17. The Kier molecular flexibility index (Phi) is 5.29. The van der Waals surface area contributed by atoms with Crippen molar-refractivity contribution in [3.05, 3.63) is 59.4 Å². The number of Topliss-reactive ketones (excluding diaryl/α,β-unsaturated/α-hetero) is 1. The number of ketones is 1. The molecular weight excluding hydrogens is 398 g/mol. The number of aldehydes is 1. The van der Waals surface area contributed by atoms with Gasteiger partial charge in [-0.1, -0.05) is 6.07 Å². The van der Waals surface area contributed by atoms with Crippen molar-refractivity contribution in [1.82, 2.24) is 9.58 Å². The summed E-state index contributed by atoms with van der Waals surface area (Å²) in [7, 11) is 4.83. The van der Waals surface area contributed by atoms with Gasteiger partial charge in [0.2, 0.25) is 5.78 Å². The largest absolute Gasteiger partial charge is 0.493 e. The van der Waals surface area contributed by atoms with Crippen LogP contribution in [0.5, 0.6) is 11.5 Å². The van der Waals surface area contributed by atoms with Crippen LogP contribution in [0, 0.1) is 0 Å². The predicted octanol–water partition coefficient (Wildman–Crippen LogP) is 2.83. The maximum absolute atomic E-state index is 13.1. The number of aryl methyl sites for hydroxylation is 1. The smallest absolute Gasteiger partial charge is 0.273 e. The first-order valence-corrected chi connectivity index (χ1v) is 9.67. The van der Waals surface area contributed by atoms with E-state index < -0.39 is 5.78 Å². The summed E-state index contributed by atoms with van der Waals surface area (Å²) in [6.45, 7) is 0.440. The van der Waals surface area contributed by atoms with Crippen LogP contribution in [0.3, 0.4) is 0 Å². The quantitative estimate of drug-likeness (QED) is 0.348. The zero-order valence-electron chi connectivity index (χ0n) is 17.4. The van der Waals surface area contributed by atoms with Gasteiger partial charge in [-0.3, -0.25) is 14.4 Å². The Morgan fingerprint density at radius 3 is 2.55 bits per heavy atom. The van der Waals surface area contributed by atoms with E-state index in [2.05, 4.69) is 5.10 Å². The first-order valence-electron chi connectivity index (χ1n) is 9.67. The Morgan fingerprint density at radius 2 is 1.84 bits per heavy atom. The minimum Gasteiger partial charge on any atom is -0.493 e. The summed E-state index contributed by atoms with van der Waals surface area (Å²) in [4.78, 5) is 36.1. The number of methoxy groups -OCH3 is 2. The third kappa shape index (κ3) is 3.56. The number of carbonyl (C=O) groups is 3. The molecule has 0 N–H and O–H groups in total. The molecule has 0 fully saturated rings. The molecule has 0 aliphatic carbocycles. The van der Waals surface area contributed by atoms with Crippen molar-refractivity contribution in [2.75, 3.05) is 20.8 Å². The number of fused-ring (bicyclic) bond motifs is 1. The fourth-order valence-electron chi connectivity index (χ4n) is 3.80. The highest BCUT2D eigenvalue weighted by molar-refractivity contribution is 6.36. The van der Waals surface area contributed by atoms with Crippen LogP contribution in [0.1, 0.15) is 32.8 Å². The molecule has 8 nitrogen and oxygen atoms in total. The van der Waals surface area contributed by atoms with E-state index in [1.54, 1.807) is 56.3 Å². The molecule has 8 heteroatoms. The van der Waals surface area contributed by atoms with E-state index in [9.17, 15) is 14.4 Å². The van der Waals surface area contributed by atoms with Crippen LogP contribution in [-0.2, 0) is 11.8 Å². The van der Waals surface area contributed by atoms with Gasteiger partial charge in [0.05, 0.1) is 26.5 Å². The van der Waals surface area contributed by atoms with E-state index in [0.717, 1.165) is 16.7 Å². The fraction of sp³-hybridized carbons (Fsp3) is 0.217. The highest BCUT2D eigenvalue weighted by atomic mass is 16.5. The third-order valence-electron chi connectivity index (χ3n) is 5.33. The second-order valence-electron chi connectivity index (χ2n) is 7.17. The lowest BCUT2D eigenvalue weighted by Crippen LogP contribution is -2.23. The normalized spacial score (nSPS) is 13.3. The van der Waals surface area contributed by atoms with Gasteiger partial charge in [0, 0.05) is 41.6 Å². The molecule has 2 aromatic carbocycles. The molecule has 0 spiro atoms. The summed E-state index contributed by atoms with van der Waals surface area (Å²) in [5.74, 6) is 0.312. The average Bonchev–Trinajstić information content (AvgIpc) is 3.41. The molecule has 4 rings (SSSR count). The monoisotopic (exact) mass is 419 g/mol. The van der Waals surface area contributed by atoms with E-state index in [-0.39, 0.29) is 17.9 Å². The number of carbonyl (C=O) groups excluding carboxylic acids is 3. The number of nitrogens with zero attached hydrogens (tertiary/aromatic N) is 3. The standard InChI is InChI=1S/C23H21N3O5/c1-25-12-16-5-4-15(10-17(16)22(25)19(28)13-27)23(29)26-9-8-18(24-26)14-6-7-20(30-2)21(11-14)31-3/h4-7,10-13H,8-9H2,1-3H3. The van der Waals surface area contributed by atoms with E-state index in [1.807, 2.05) is 12.1 Å². The maximum atomic E-state index is 13.1. The van der Waals surface area contributed by atoms with Gasteiger partial charge in [0.15, 0.2) is 17.8 Å². The molecule has 0 radical (unpaired) electrons. The molecule has 2 heterocycles. The van der Waals surface area contributed by atoms with Crippen LogP contribution in [0.15, 0.2) is 47.7 Å². The van der Waals surface area contributed by atoms with Crippen molar-refractivity contribution in [1.29, 1.82) is 0 Å². The first-order chi connectivity index (χ1) is 15.0. The lowest BCUT2D eigenvalue weighted by Gasteiger charge is -2.11. The van der Waals surface area contributed by atoms with Gasteiger partial charge in [-0.15, -0.1) is 0 Å². The van der Waals surface area contributed by atoms with Crippen LogP contribution < -0.4 is 9.47 Å². The Labute approximate surface area is 178 Å². The first kappa shape index (κ1) is 20.3. The Bertz CT molecular complexity index is 1240. The van der Waals surface area contributed by atoms with Crippen molar-refractivity contribution in [3.8, 4) is 11.5 Å². The van der Waals surface area contributed by atoms with Crippen LogP contribution >= 0.6 is 0 Å². The number of hydrazone groups is 1. The molecule has 158 valence electrons. The molecule has 31 heavy (non-hydrogen) atoms. The lowest BCUT2D eigenvalue weighted by molar-refractivity contribution is -0.104. The van der Waals surface area contributed by atoms with E-state index >= 15 is 0 Å². The maximum Gasteiger partial charge on any atom is 0.273 e. The minimum atomic E-state index is -0.628. The molecule has 0 saturated heterocycles. The van der Waals surface area contributed by atoms with Crippen LogP contribution in [0.25, 0.3) is 10.8 Å². The number of hydrogen-bond donors (Lipinski definition) is 0. The molecule has 3 aromatic rings. The summed E-state index contributed by atoms with van der Waals surface area (Å²) in [5, 5.41) is 7.26. The van der Waals surface area contributed by atoms with Crippen molar-refractivity contribution in [3.63, 3.8) is 0 Å². The summed E-state index contributed by atoms with van der Waals surface area (Å²) >= 11 is 0. The second kappa shape index (κ2) is 8.06. The zero-order valence-corrected chi connectivity index (χ0v) is 17.4. The van der Waals surface area contributed by atoms with Crippen molar-refractivity contribution in [2.45, 2.75) is 6.42 Å². The van der Waals surface area contributed by atoms with E-state index in [1.165, 1.54) is 5.01 Å². The van der Waals surface area contributed by atoms with Crippen LogP contribution in [-0.4, -0.2) is 54.0 Å². The highest BCUT2D eigenvalue weighted by Gasteiger charge is 2.24. The molecule has 0 bridgehead atoms. The molecule has 1 amide bonds. The number of aromatic nitrogens is 1. The van der Waals surface area contributed by atoms with E-state index in [4.69, 9.17) is 9.47 Å². The molecule has 0 saturated carbocycles. The highest BCUT2D eigenvalue weighted by Crippen LogP contribution is 2.29. The molecule has 0 unspecified atom stereocenters. The summed E-state index contributed by atoms with van der Waals surface area (Å²) < 4.78 is 12.2. The van der Waals surface area contributed by atoms with Crippen molar-refractivity contribution >= 4 is 34.5 Å². The number of hydrogen-bond acceptors (Lipinski definition) is 6. The molecular formula is C23H21N3O5. The Morgan fingerprint density at radius 1 is 1.06 bits per heavy atom. The van der Waals surface area contributed by atoms with Gasteiger partial charge in [-0.2, -0.15) is 5.10 Å². The topological polar surface area (TPSA) is 90.2 Å². The minimum absolute atomic E-state index is 0.260. The third-order valence-corrected chi connectivity index (χ3v) is 5.33. The average molecular weight is 419 g/mol. The van der Waals surface area contributed by atoms with Crippen molar-refractivity contribution < 1.29 is 23.9 Å². The van der Waals surface area contributed by atoms with Gasteiger partial charge in [0.1, 0.15) is 5.69 Å². The van der Waals surface area contributed by atoms with Gasteiger partial charge in [-0.25, -0.2) is 5.01 Å². The summed E-state index contributed by atoms with van der Waals surface area (Å²) in [6, 6.07) is 10.6. The summed E-state index contributed by atoms with van der Waals surface area (Å²) in [6.07, 6.45) is 2.64. The van der Waals surface area contributed by atoms with Gasteiger partial charge in [-0.05, 0) is 30.3 Å². The lowest BCUT2D eigenvalue weighted by atomic mass is 10.1. The SMILES string of the molecule is COc1ccc(C2=NN(C(=O)c3ccc4cn(C)c(C(=O)C=O)c4c3)CC2)cc1OC. The number of amides is 1. The molecule has 0 atom stereocenters. The Balaban J connectivity index is 1.65. The number of benzene rings is 2. The van der Waals surface area contributed by atoms with Gasteiger partial charge in [0.25, 0.3) is 5.91 Å². The summed E-state index contributed by atoms with van der Waals surface area (Å²) in [5.41, 5.74) is 2.28. The predicted molar refractivity (Wildman–Crippen MR) is 115 cm³/mol.